The number of hydrogen-bond donors (Lipinski definition) is 2. The molecular formula is C19H22F2N4OS. The third-order valence-corrected chi connectivity index (χ3v) is 3.91. The Morgan fingerprint density at radius 1 is 1.19 bits per heavy atom. The van der Waals surface area contributed by atoms with Crippen molar-refractivity contribution in [2.24, 2.45) is 10.8 Å². The highest BCUT2D eigenvalue weighted by atomic mass is 32.1. The molecule has 0 atom stereocenters. The Morgan fingerprint density at radius 3 is 2.44 bits per heavy atom. The normalized spacial score (nSPS) is 10.8. The number of benzene rings is 2. The Morgan fingerprint density at radius 2 is 1.85 bits per heavy atom. The van der Waals surface area contributed by atoms with Gasteiger partial charge in [0.2, 0.25) is 0 Å². The highest BCUT2D eigenvalue weighted by Crippen LogP contribution is 2.26. The third-order valence-electron chi connectivity index (χ3n) is 3.82. The van der Waals surface area contributed by atoms with E-state index >= 15 is 0 Å². The molecule has 0 aliphatic carbocycles. The lowest BCUT2D eigenvalue weighted by Gasteiger charge is -2.22. The van der Waals surface area contributed by atoms with Gasteiger partial charge >= 0.3 is 0 Å². The number of anilines is 1. The Bertz CT molecular complexity index is 805. The monoisotopic (exact) mass is 392 g/mol. The second-order valence-electron chi connectivity index (χ2n) is 5.70. The van der Waals surface area contributed by atoms with E-state index in [0.717, 1.165) is 24.8 Å². The average molecular weight is 392 g/mol. The fourth-order valence-corrected chi connectivity index (χ4v) is 2.61. The number of nitrogens with one attached hydrogen (secondary N) is 1. The molecule has 0 aliphatic rings. The van der Waals surface area contributed by atoms with Gasteiger partial charge in [-0.25, -0.2) is 8.78 Å². The van der Waals surface area contributed by atoms with Crippen molar-refractivity contribution in [3.8, 4) is 5.75 Å². The van der Waals surface area contributed by atoms with Crippen LogP contribution in [0.3, 0.4) is 0 Å². The van der Waals surface area contributed by atoms with Gasteiger partial charge in [0.1, 0.15) is 24.0 Å². The molecule has 0 heterocycles. The summed E-state index contributed by atoms with van der Waals surface area (Å²) in [6.07, 6.45) is 1.52. The van der Waals surface area contributed by atoms with Gasteiger partial charge in [0.05, 0.1) is 6.21 Å². The first-order valence-corrected chi connectivity index (χ1v) is 8.89. The lowest BCUT2D eigenvalue weighted by Crippen LogP contribution is -2.24. The van der Waals surface area contributed by atoms with Crippen LogP contribution in [0, 0.1) is 11.6 Å². The van der Waals surface area contributed by atoms with Crippen molar-refractivity contribution in [3.63, 3.8) is 0 Å². The highest BCUT2D eigenvalue weighted by molar-refractivity contribution is 7.80. The molecule has 0 aliphatic heterocycles. The van der Waals surface area contributed by atoms with Gasteiger partial charge in [-0.1, -0.05) is 0 Å². The van der Waals surface area contributed by atoms with Gasteiger partial charge in [0.15, 0.2) is 5.11 Å². The highest BCUT2D eigenvalue weighted by Gasteiger charge is 2.09. The number of nitrogens with zero attached hydrogens (tertiary/aromatic N) is 2. The summed E-state index contributed by atoms with van der Waals surface area (Å²) in [6, 6.07) is 8.96. The SMILES string of the molecule is CCN(CC)c1ccc(C=NNC(N)=S)c(OCc2cc(F)cc(F)c2)c1. The molecule has 8 heteroatoms. The van der Waals surface area contributed by atoms with E-state index in [9.17, 15) is 8.78 Å². The van der Waals surface area contributed by atoms with E-state index in [1.54, 1.807) is 0 Å². The quantitative estimate of drug-likeness (QED) is 0.409. The summed E-state index contributed by atoms with van der Waals surface area (Å²) < 4.78 is 32.6. The summed E-state index contributed by atoms with van der Waals surface area (Å²) in [4.78, 5) is 2.16. The van der Waals surface area contributed by atoms with Gasteiger partial charge in [-0.2, -0.15) is 5.10 Å². The van der Waals surface area contributed by atoms with Crippen LogP contribution in [0.2, 0.25) is 0 Å². The molecule has 0 saturated heterocycles. The second-order valence-corrected chi connectivity index (χ2v) is 6.13. The molecule has 0 fully saturated rings. The Hall–Kier alpha value is -2.74. The van der Waals surface area contributed by atoms with E-state index in [1.807, 2.05) is 18.2 Å². The zero-order valence-electron chi connectivity index (χ0n) is 15.2. The van der Waals surface area contributed by atoms with Crippen LogP contribution in [0.1, 0.15) is 25.0 Å². The van der Waals surface area contributed by atoms with Crippen molar-refractivity contribution >= 4 is 29.2 Å². The fourth-order valence-electron chi connectivity index (χ4n) is 2.56. The van der Waals surface area contributed by atoms with Crippen LogP contribution < -0.4 is 20.8 Å². The van der Waals surface area contributed by atoms with Crippen LogP contribution in [0.4, 0.5) is 14.5 Å². The zero-order chi connectivity index (χ0) is 19.8. The lowest BCUT2D eigenvalue weighted by molar-refractivity contribution is 0.304. The first-order chi connectivity index (χ1) is 12.9. The van der Waals surface area contributed by atoms with Gasteiger partial charge < -0.3 is 15.4 Å². The molecule has 2 aromatic rings. The van der Waals surface area contributed by atoms with Crippen molar-refractivity contribution < 1.29 is 13.5 Å². The molecule has 0 radical (unpaired) electrons. The van der Waals surface area contributed by atoms with E-state index in [0.29, 0.717) is 16.9 Å². The van der Waals surface area contributed by atoms with E-state index in [4.69, 9.17) is 22.7 Å². The van der Waals surface area contributed by atoms with Crippen molar-refractivity contribution in [1.29, 1.82) is 0 Å². The maximum atomic E-state index is 13.4. The molecule has 3 N–H and O–H groups in total. The van der Waals surface area contributed by atoms with Gasteiger partial charge in [-0.3, -0.25) is 5.43 Å². The van der Waals surface area contributed by atoms with Crippen molar-refractivity contribution in [1.82, 2.24) is 5.43 Å². The van der Waals surface area contributed by atoms with E-state index in [2.05, 4.69) is 29.3 Å². The average Bonchev–Trinajstić information content (AvgIpc) is 2.61. The first-order valence-electron chi connectivity index (χ1n) is 8.48. The van der Waals surface area contributed by atoms with E-state index in [1.165, 1.54) is 18.3 Å². The van der Waals surface area contributed by atoms with Crippen molar-refractivity contribution in [2.45, 2.75) is 20.5 Å². The molecule has 27 heavy (non-hydrogen) atoms. The van der Waals surface area contributed by atoms with Crippen LogP contribution >= 0.6 is 12.2 Å². The largest absolute Gasteiger partial charge is 0.488 e. The molecule has 144 valence electrons. The van der Waals surface area contributed by atoms with Gasteiger partial charge in [-0.15, -0.1) is 0 Å². The van der Waals surface area contributed by atoms with Crippen molar-refractivity contribution in [3.05, 3.63) is 59.2 Å². The second kappa shape index (κ2) is 9.82. The Labute approximate surface area is 162 Å². The number of hydrazone groups is 1. The molecule has 0 saturated carbocycles. The van der Waals surface area contributed by atoms with Crippen LogP contribution in [0.5, 0.6) is 5.75 Å². The first kappa shape index (κ1) is 20.6. The summed E-state index contributed by atoms with van der Waals surface area (Å²) in [5.74, 6) is -0.765. The summed E-state index contributed by atoms with van der Waals surface area (Å²) in [7, 11) is 0. The number of halogens is 2. The molecule has 0 bridgehead atoms. The van der Waals surface area contributed by atoms with Crippen LogP contribution in [-0.2, 0) is 6.61 Å². The predicted octanol–water partition coefficient (Wildman–Crippen LogP) is 3.56. The van der Waals surface area contributed by atoms with Crippen LogP contribution in [0.25, 0.3) is 0 Å². The lowest BCUT2D eigenvalue weighted by atomic mass is 10.1. The molecule has 2 aromatic carbocycles. The molecule has 0 amide bonds. The van der Waals surface area contributed by atoms with Gasteiger partial charge in [0.25, 0.3) is 0 Å². The topological polar surface area (TPSA) is 62.9 Å². The molecule has 0 aromatic heterocycles. The maximum Gasteiger partial charge on any atom is 0.184 e. The standard InChI is InChI=1S/C19H22F2N4OS/c1-3-25(4-2)17-6-5-14(11-23-24-19(22)27)18(10-17)26-12-13-7-15(20)9-16(21)8-13/h5-11H,3-4,12H2,1-2H3,(H3,22,24,27). The van der Waals surface area contributed by atoms with Crippen LogP contribution in [0.15, 0.2) is 41.5 Å². The van der Waals surface area contributed by atoms with Gasteiger partial charge in [-0.05, 0) is 55.9 Å². The molecule has 0 unspecified atom stereocenters. The smallest absolute Gasteiger partial charge is 0.184 e. The number of rotatable bonds is 8. The van der Waals surface area contributed by atoms with E-state index in [-0.39, 0.29) is 11.7 Å². The van der Waals surface area contributed by atoms with Crippen molar-refractivity contribution in [2.75, 3.05) is 18.0 Å². The minimum Gasteiger partial charge on any atom is -0.488 e. The number of hydrogen-bond acceptors (Lipinski definition) is 4. The Balaban J connectivity index is 2.28. The Kier molecular flexibility index (Phi) is 7.48. The maximum absolute atomic E-state index is 13.4. The van der Waals surface area contributed by atoms with E-state index < -0.39 is 11.6 Å². The van der Waals surface area contributed by atoms with Gasteiger partial charge in [0, 0.05) is 36.5 Å². The number of nitrogens with two attached hydrogens (primary N) is 1. The number of ether oxygens (including phenoxy) is 1. The summed E-state index contributed by atoms with van der Waals surface area (Å²) in [5, 5.41) is 3.99. The zero-order valence-corrected chi connectivity index (χ0v) is 16.0. The third kappa shape index (κ3) is 6.18. The predicted molar refractivity (Wildman–Crippen MR) is 108 cm³/mol. The minimum absolute atomic E-state index is 0.0138. The summed E-state index contributed by atoms with van der Waals surface area (Å²) in [5.41, 5.74) is 9.88. The fraction of sp³-hybridized carbons (Fsp3) is 0.263. The molecule has 2 rings (SSSR count). The van der Waals surface area contributed by atoms with Crippen LogP contribution in [-0.4, -0.2) is 24.4 Å². The molecule has 5 nitrogen and oxygen atoms in total. The molecular weight excluding hydrogens is 370 g/mol. The minimum atomic E-state index is -0.645. The number of thiocarbonyl (C=S) groups is 1. The summed E-state index contributed by atoms with van der Waals surface area (Å²) >= 11 is 4.71. The molecule has 0 spiro atoms. The summed E-state index contributed by atoms with van der Waals surface area (Å²) in [6.45, 7) is 5.80.